The summed E-state index contributed by atoms with van der Waals surface area (Å²) in [6, 6.07) is 13.3. The van der Waals surface area contributed by atoms with Crippen LogP contribution in [0, 0.1) is 0 Å². The molecule has 2 aromatic rings. The summed E-state index contributed by atoms with van der Waals surface area (Å²) in [5.74, 6) is -0.151. The van der Waals surface area contributed by atoms with Crippen molar-refractivity contribution in [1.82, 2.24) is 9.80 Å². The summed E-state index contributed by atoms with van der Waals surface area (Å²) in [5, 5.41) is 2.61. The molecule has 0 aromatic heterocycles. The molecule has 1 saturated heterocycles. The van der Waals surface area contributed by atoms with Gasteiger partial charge in [0.05, 0.1) is 5.56 Å². The third-order valence-corrected chi connectivity index (χ3v) is 5.29. The molecular formula is C23H24F3N3O2. The zero-order chi connectivity index (χ0) is 22.4. The molecule has 1 heterocycles. The number of benzene rings is 2. The smallest absolute Gasteiger partial charge is 0.339 e. The molecule has 0 unspecified atom stereocenters. The fourth-order valence-corrected chi connectivity index (χ4v) is 3.64. The van der Waals surface area contributed by atoms with E-state index >= 15 is 0 Å². The lowest BCUT2D eigenvalue weighted by Crippen LogP contribution is -2.49. The first-order valence-corrected chi connectivity index (χ1v) is 9.98. The number of anilines is 1. The van der Waals surface area contributed by atoms with Gasteiger partial charge in [0.15, 0.2) is 0 Å². The fraction of sp³-hybridized carbons (Fsp3) is 0.304. The Morgan fingerprint density at radius 3 is 2.39 bits per heavy atom. The van der Waals surface area contributed by atoms with Gasteiger partial charge in [0.25, 0.3) is 0 Å². The van der Waals surface area contributed by atoms with Gasteiger partial charge in [-0.25, -0.2) is 4.79 Å². The number of carbonyl (C=O) groups is 2. The molecule has 8 heteroatoms. The maximum Gasteiger partial charge on any atom is 0.416 e. The molecule has 1 aliphatic rings. The fourth-order valence-electron chi connectivity index (χ4n) is 3.64. The van der Waals surface area contributed by atoms with E-state index in [0.29, 0.717) is 32.5 Å². The molecular weight excluding hydrogens is 407 g/mol. The molecule has 0 aliphatic carbocycles. The zero-order valence-corrected chi connectivity index (χ0v) is 16.9. The second-order valence-electron chi connectivity index (χ2n) is 7.38. The topological polar surface area (TPSA) is 52.7 Å². The second-order valence-corrected chi connectivity index (χ2v) is 7.38. The molecule has 0 radical (unpaired) electrons. The van der Waals surface area contributed by atoms with Crippen molar-refractivity contribution in [1.29, 1.82) is 0 Å². The maximum atomic E-state index is 13.1. The van der Waals surface area contributed by atoms with Crippen LogP contribution in [0.25, 0.3) is 0 Å². The SMILES string of the molecule is C=CC(=O)N1CCC(N(Cc2ccccc2)C(=O)Nc2cccc(C(F)(F)F)c2)CC1. The van der Waals surface area contributed by atoms with Gasteiger partial charge >= 0.3 is 12.2 Å². The summed E-state index contributed by atoms with van der Waals surface area (Å²) >= 11 is 0. The highest BCUT2D eigenvalue weighted by Gasteiger charge is 2.32. The summed E-state index contributed by atoms with van der Waals surface area (Å²) < 4.78 is 39.0. The number of nitrogens with zero attached hydrogens (tertiary/aromatic N) is 2. The quantitative estimate of drug-likeness (QED) is 0.684. The molecule has 164 valence electrons. The Morgan fingerprint density at radius 2 is 1.77 bits per heavy atom. The van der Waals surface area contributed by atoms with E-state index in [2.05, 4.69) is 11.9 Å². The number of likely N-dealkylation sites (tertiary alicyclic amines) is 1. The molecule has 31 heavy (non-hydrogen) atoms. The van der Waals surface area contributed by atoms with Gasteiger partial charge in [0.2, 0.25) is 5.91 Å². The number of amides is 3. The standard InChI is InChI=1S/C23H24F3N3O2/c1-2-21(30)28-13-11-20(12-14-28)29(16-17-7-4-3-5-8-17)22(31)27-19-10-6-9-18(15-19)23(24,25)26/h2-10,15,20H,1,11-14,16H2,(H,27,31). The van der Waals surface area contributed by atoms with Crippen LogP contribution in [0.4, 0.5) is 23.7 Å². The number of urea groups is 1. The van der Waals surface area contributed by atoms with Crippen LogP contribution in [0.5, 0.6) is 0 Å². The number of hydrogen-bond donors (Lipinski definition) is 1. The minimum atomic E-state index is -4.49. The number of nitrogens with one attached hydrogen (secondary N) is 1. The molecule has 3 amide bonds. The summed E-state index contributed by atoms with van der Waals surface area (Å²) in [6.45, 7) is 4.78. The van der Waals surface area contributed by atoms with Crippen LogP contribution < -0.4 is 5.32 Å². The van der Waals surface area contributed by atoms with Gasteiger partial charge in [0, 0.05) is 31.4 Å². The molecule has 2 aromatic carbocycles. The highest BCUT2D eigenvalue weighted by molar-refractivity contribution is 5.90. The number of piperidine rings is 1. The average Bonchev–Trinajstić information content (AvgIpc) is 2.77. The monoisotopic (exact) mass is 431 g/mol. The molecule has 0 saturated carbocycles. The molecule has 1 fully saturated rings. The third kappa shape index (κ3) is 5.87. The Labute approximate surface area is 179 Å². The van der Waals surface area contributed by atoms with E-state index in [4.69, 9.17) is 0 Å². The normalized spacial score (nSPS) is 14.7. The number of hydrogen-bond acceptors (Lipinski definition) is 2. The van der Waals surface area contributed by atoms with Crippen LogP contribution in [-0.4, -0.2) is 40.9 Å². The zero-order valence-electron chi connectivity index (χ0n) is 16.9. The predicted octanol–water partition coefficient (Wildman–Crippen LogP) is 4.92. The van der Waals surface area contributed by atoms with Gasteiger partial charge in [-0.2, -0.15) is 13.2 Å². The third-order valence-electron chi connectivity index (χ3n) is 5.29. The first-order valence-electron chi connectivity index (χ1n) is 9.98. The first kappa shape index (κ1) is 22.4. The van der Waals surface area contributed by atoms with Crippen molar-refractivity contribution in [3.05, 3.63) is 78.4 Å². The Hall–Kier alpha value is -3.29. The van der Waals surface area contributed by atoms with Gasteiger partial charge in [-0.1, -0.05) is 43.0 Å². The van der Waals surface area contributed by atoms with Gasteiger partial charge in [0.1, 0.15) is 0 Å². The second kappa shape index (κ2) is 9.68. The van der Waals surface area contributed by atoms with Crippen LogP contribution in [0.2, 0.25) is 0 Å². The minimum Gasteiger partial charge on any atom is -0.339 e. The highest BCUT2D eigenvalue weighted by atomic mass is 19.4. The van der Waals surface area contributed by atoms with Gasteiger partial charge in [-0.15, -0.1) is 0 Å². The van der Waals surface area contributed by atoms with Crippen molar-refractivity contribution in [3.63, 3.8) is 0 Å². The number of halogens is 3. The predicted molar refractivity (Wildman–Crippen MR) is 112 cm³/mol. The lowest BCUT2D eigenvalue weighted by molar-refractivity contribution is -0.137. The largest absolute Gasteiger partial charge is 0.416 e. The molecule has 1 N–H and O–H groups in total. The van der Waals surface area contributed by atoms with Crippen molar-refractivity contribution >= 4 is 17.6 Å². The Bertz CT molecular complexity index is 923. The number of carbonyl (C=O) groups excluding carboxylic acids is 2. The van der Waals surface area contributed by atoms with E-state index in [9.17, 15) is 22.8 Å². The highest BCUT2D eigenvalue weighted by Crippen LogP contribution is 2.31. The summed E-state index contributed by atoms with van der Waals surface area (Å²) in [7, 11) is 0. The Balaban J connectivity index is 1.77. The van der Waals surface area contributed by atoms with E-state index in [-0.39, 0.29) is 17.6 Å². The van der Waals surface area contributed by atoms with Crippen molar-refractivity contribution in [2.24, 2.45) is 0 Å². The van der Waals surface area contributed by atoms with Crippen molar-refractivity contribution in [3.8, 4) is 0 Å². The van der Waals surface area contributed by atoms with Gasteiger partial charge in [-0.3, -0.25) is 4.79 Å². The van der Waals surface area contributed by atoms with Crippen LogP contribution in [0.3, 0.4) is 0 Å². The van der Waals surface area contributed by atoms with Crippen LogP contribution in [0.15, 0.2) is 67.3 Å². The van der Waals surface area contributed by atoms with Crippen LogP contribution in [0.1, 0.15) is 24.0 Å². The first-order chi connectivity index (χ1) is 14.8. The van der Waals surface area contributed by atoms with Crippen molar-refractivity contribution in [2.75, 3.05) is 18.4 Å². The van der Waals surface area contributed by atoms with Crippen molar-refractivity contribution < 1.29 is 22.8 Å². The maximum absolute atomic E-state index is 13.1. The molecule has 0 spiro atoms. The lowest BCUT2D eigenvalue weighted by Gasteiger charge is -2.38. The number of alkyl halides is 3. The van der Waals surface area contributed by atoms with E-state index in [0.717, 1.165) is 17.7 Å². The number of rotatable bonds is 5. The molecule has 1 aliphatic heterocycles. The van der Waals surface area contributed by atoms with E-state index in [1.165, 1.54) is 18.2 Å². The molecule has 0 bridgehead atoms. The summed E-state index contributed by atoms with van der Waals surface area (Å²) in [5.41, 5.74) is 0.166. The Morgan fingerprint density at radius 1 is 1.10 bits per heavy atom. The van der Waals surface area contributed by atoms with E-state index in [1.54, 1.807) is 9.80 Å². The summed E-state index contributed by atoms with van der Waals surface area (Å²) in [4.78, 5) is 28.2. The molecule has 0 atom stereocenters. The van der Waals surface area contributed by atoms with Crippen LogP contribution in [-0.2, 0) is 17.5 Å². The molecule has 3 rings (SSSR count). The van der Waals surface area contributed by atoms with Crippen LogP contribution >= 0.6 is 0 Å². The van der Waals surface area contributed by atoms with E-state index < -0.39 is 17.8 Å². The van der Waals surface area contributed by atoms with E-state index in [1.807, 2.05) is 30.3 Å². The average molecular weight is 431 g/mol. The lowest BCUT2D eigenvalue weighted by atomic mass is 10.0. The Kier molecular flexibility index (Phi) is 6.99. The summed E-state index contributed by atoms with van der Waals surface area (Å²) in [6.07, 6.45) is -2.08. The van der Waals surface area contributed by atoms with Gasteiger partial charge in [-0.05, 0) is 42.7 Å². The molecule has 5 nitrogen and oxygen atoms in total. The van der Waals surface area contributed by atoms with Gasteiger partial charge < -0.3 is 15.1 Å². The minimum absolute atomic E-state index is 0.0807. The van der Waals surface area contributed by atoms with Crippen molar-refractivity contribution in [2.45, 2.75) is 31.6 Å².